The Balaban J connectivity index is 1.98. The van der Waals surface area contributed by atoms with Crippen LogP contribution in [0, 0.1) is 12.8 Å². The molecule has 1 aliphatic heterocycles. The molecule has 1 saturated heterocycles. The van der Waals surface area contributed by atoms with Gasteiger partial charge in [0.15, 0.2) is 0 Å². The van der Waals surface area contributed by atoms with Crippen LogP contribution in [0.5, 0.6) is 0 Å². The molecule has 0 spiro atoms. The van der Waals surface area contributed by atoms with Gasteiger partial charge in [0.25, 0.3) is 0 Å². The first kappa shape index (κ1) is 15.3. The second-order valence-corrected chi connectivity index (χ2v) is 5.30. The number of ether oxygens (including phenoxy) is 1. The number of aryl methyl sites for hydroxylation is 1. The lowest BCUT2D eigenvalue weighted by Crippen LogP contribution is -2.30. The van der Waals surface area contributed by atoms with Crippen molar-refractivity contribution in [3.8, 4) is 0 Å². The molecule has 0 saturated carbocycles. The predicted octanol–water partition coefficient (Wildman–Crippen LogP) is 1.01. The van der Waals surface area contributed by atoms with E-state index in [0.717, 1.165) is 5.56 Å². The number of nitrogens with two attached hydrogens (primary N) is 1. The van der Waals surface area contributed by atoms with Crippen molar-refractivity contribution < 1.29 is 14.3 Å². The molecule has 21 heavy (non-hydrogen) atoms. The van der Waals surface area contributed by atoms with Gasteiger partial charge in [0.1, 0.15) is 0 Å². The number of hydrogen-bond donors (Lipinski definition) is 2. The number of nitrogens with one attached hydrogen (secondary N) is 1. The van der Waals surface area contributed by atoms with Gasteiger partial charge < -0.3 is 20.7 Å². The number of benzene rings is 1. The number of carbonyl (C=O) groups excluding carboxylic acids is 2. The topological polar surface area (TPSA) is 84.7 Å². The van der Waals surface area contributed by atoms with E-state index in [1.807, 2.05) is 13.0 Å². The number of methoxy groups -OCH3 is 1. The number of anilines is 2. The molecule has 0 bridgehead atoms. The summed E-state index contributed by atoms with van der Waals surface area (Å²) < 4.78 is 4.96. The van der Waals surface area contributed by atoms with Gasteiger partial charge in [-0.15, -0.1) is 0 Å². The molecular weight excluding hydrogens is 270 g/mol. The lowest BCUT2D eigenvalue weighted by atomic mass is 10.1. The summed E-state index contributed by atoms with van der Waals surface area (Å²) in [6.07, 6.45) is 0.247. The van der Waals surface area contributed by atoms with Crippen LogP contribution in [-0.2, 0) is 14.3 Å². The second kappa shape index (κ2) is 6.58. The summed E-state index contributed by atoms with van der Waals surface area (Å²) >= 11 is 0. The SMILES string of the molecule is COCCN1CC(C(=O)Nc2cc(N)ccc2C)CC1=O. The predicted molar refractivity (Wildman–Crippen MR) is 80.8 cm³/mol. The zero-order valence-corrected chi connectivity index (χ0v) is 12.4. The average Bonchev–Trinajstić information content (AvgIpc) is 2.82. The first-order chi connectivity index (χ1) is 10.0. The monoisotopic (exact) mass is 291 g/mol. The molecule has 3 N–H and O–H groups in total. The van der Waals surface area contributed by atoms with E-state index in [0.29, 0.717) is 31.1 Å². The van der Waals surface area contributed by atoms with Gasteiger partial charge in [-0.1, -0.05) is 6.07 Å². The van der Waals surface area contributed by atoms with Crippen molar-refractivity contribution in [3.05, 3.63) is 23.8 Å². The van der Waals surface area contributed by atoms with Crippen molar-refractivity contribution in [2.75, 3.05) is 37.9 Å². The van der Waals surface area contributed by atoms with Crippen LogP contribution >= 0.6 is 0 Å². The zero-order chi connectivity index (χ0) is 15.4. The zero-order valence-electron chi connectivity index (χ0n) is 12.4. The third-order valence-electron chi connectivity index (χ3n) is 3.67. The highest BCUT2D eigenvalue weighted by atomic mass is 16.5. The van der Waals surface area contributed by atoms with E-state index >= 15 is 0 Å². The van der Waals surface area contributed by atoms with E-state index in [1.165, 1.54) is 0 Å². The first-order valence-electron chi connectivity index (χ1n) is 6.95. The molecule has 2 amide bonds. The molecule has 1 heterocycles. The van der Waals surface area contributed by atoms with Crippen molar-refractivity contribution in [3.63, 3.8) is 0 Å². The molecule has 1 atom stereocenters. The van der Waals surface area contributed by atoms with Crippen molar-refractivity contribution in [2.24, 2.45) is 5.92 Å². The van der Waals surface area contributed by atoms with Gasteiger partial charge in [-0.2, -0.15) is 0 Å². The van der Waals surface area contributed by atoms with Gasteiger partial charge in [-0.05, 0) is 24.6 Å². The van der Waals surface area contributed by atoms with Crippen molar-refractivity contribution >= 4 is 23.2 Å². The Morgan fingerprint density at radius 1 is 1.52 bits per heavy atom. The van der Waals surface area contributed by atoms with E-state index < -0.39 is 0 Å². The second-order valence-electron chi connectivity index (χ2n) is 5.30. The van der Waals surface area contributed by atoms with E-state index in [-0.39, 0.29) is 24.2 Å². The normalized spacial score (nSPS) is 18.1. The number of likely N-dealkylation sites (tertiary alicyclic amines) is 1. The first-order valence-corrected chi connectivity index (χ1v) is 6.95. The van der Waals surface area contributed by atoms with E-state index in [2.05, 4.69) is 5.32 Å². The maximum atomic E-state index is 12.3. The summed E-state index contributed by atoms with van der Waals surface area (Å²) in [7, 11) is 1.59. The van der Waals surface area contributed by atoms with Gasteiger partial charge in [-0.3, -0.25) is 9.59 Å². The van der Waals surface area contributed by atoms with E-state index in [9.17, 15) is 9.59 Å². The van der Waals surface area contributed by atoms with Crippen LogP contribution in [0.3, 0.4) is 0 Å². The number of nitrogen functional groups attached to an aromatic ring is 1. The minimum Gasteiger partial charge on any atom is -0.399 e. The molecule has 1 fully saturated rings. The lowest BCUT2D eigenvalue weighted by Gasteiger charge is -2.16. The maximum Gasteiger partial charge on any atom is 0.229 e. The number of nitrogens with zero attached hydrogens (tertiary/aromatic N) is 1. The summed E-state index contributed by atoms with van der Waals surface area (Å²) in [5.41, 5.74) is 7.97. The highest BCUT2D eigenvalue weighted by Gasteiger charge is 2.34. The Bertz CT molecular complexity index is 545. The molecule has 6 heteroatoms. The Morgan fingerprint density at radius 2 is 2.29 bits per heavy atom. The molecule has 1 aromatic rings. The summed E-state index contributed by atoms with van der Waals surface area (Å²) in [5.74, 6) is -0.469. The van der Waals surface area contributed by atoms with E-state index in [1.54, 1.807) is 24.1 Å². The maximum absolute atomic E-state index is 12.3. The summed E-state index contributed by atoms with van der Waals surface area (Å²) in [6.45, 7) is 3.35. The Labute approximate surface area is 124 Å². The van der Waals surface area contributed by atoms with Crippen molar-refractivity contribution in [1.82, 2.24) is 4.90 Å². The molecule has 114 valence electrons. The molecule has 6 nitrogen and oxygen atoms in total. The fourth-order valence-corrected chi connectivity index (χ4v) is 2.37. The minimum absolute atomic E-state index is 0.00324. The van der Waals surface area contributed by atoms with Crippen LogP contribution in [0.2, 0.25) is 0 Å². The van der Waals surface area contributed by atoms with Crippen molar-refractivity contribution in [1.29, 1.82) is 0 Å². The van der Waals surface area contributed by atoms with E-state index in [4.69, 9.17) is 10.5 Å². The summed E-state index contributed by atoms with van der Waals surface area (Å²) in [5, 5.41) is 2.86. The Kier molecular flexibility index (Phi) is 4.80. The summed E-state index contributed by atoms with van der Waals surface area (Å²) in [4.78, 5) is 25.8. The van der Waals surface area contributed by atoms with Gasteiger partial charge >= 0.3 is 0 Å². The van der Waals surface area contributed by atoms with Crippen LogP contribution < -0.4 is 11.1 Å². The van der Waals surface area contributed by atoms with Gasteiger partial charge in [0.05, 0.1) is 12.5 Å². The largest absolute Gasteiger partial charge is 0.399 e. The van der Waals surface area contributed by atoms with Gasteiger partial charge in [-0.25, -0.2) is 0 Å². The fourth-order valence-electron chi connectivity index (χ4n) is 2.37. The smallest absolute Gasteiger partial charge is 0.229 e. The van der Waals surface area contributed by atoms with Crippen LogP contribution in [0.15, 0.2) is 18.2 Å². The lowest BCUT2D eigenvalue weighted by molar-refractivity contribution is -0.128. The Hall–Kier alpha value is -2.08. The molecule has 0 aromatic heterocycles. The number of amides is 2. The van der Waals surface area contributed by atoms with Crippen LogP contribution in [0.1, 0.15) is 12.0 Å². The third-order valence-corrected chi connectivity index (χ3v) is 3.67. The van der Waals surface area contributed by atoms with Crippen molar-refractivity contribution in [2.45, 2.75) is 13.3 Å². The number of carbonyl (C=O) groups is 2. The fraction of sp³-hybridized carbons (Fsp3) is 0.467. The minimum atomic E-state index is -0.324. The number of rotatable bonds is 5. The molecular formula is C15H21N3O3. The molecule has 1 aromatic carbocycles. The highest BCUT2D eigenvalue weighted by Crippen LogP contribution is 2.22. The highest BCUT2D eigenvalue weighted by molar-refractivity contribution is 5.97. The Morgan fingerprint density at radius 3 is 3.00 bits per heavy atom. The quantitative estimate of drug-likeness (QED) is 0.793. The summed E-state index contributed by atoms with van der Waals surface area (Å²) in [6, 6.07) is 5.37. The molecule has 1 aliphatic rings. The van der Waals surface area contributed by atoms with Gasteiger partial charge in [0, 0.05) is 38.0 Å². The standard InChI is InChI=1S/C15H21N3O3/c1-10-3-4-12(16)8-13(10)17-15(20)11-7-14(19)18(9-11)5-6-21-2/h3-4,8,11H,5-7,9,16H2,1-2H3,(H,17,20). The molecule has 2 rings (SSSR count). The molecule has 0 aliphatic carbocycles. The average molecular weight is 291 g/mol. The van der Waals surface area contributed by atoms with Crippen LogP contribution in [-0.4, -0.2) is 43.5 Å². The molecule has 1 unspecified atom stereocenters. The van der Waals surface area contributed by atoms with Crippen LogP contribution in [0.4, 0.5) is 11.4 Å². The number of hydrogen-bond acceptors (Lipinski definition) is 4. The third kappa shape index (κ3) is 3.72. The van der Waals surface area contributed by atoms with Gasteiger partial charge in [0.2, 0.25) is 11.8 Å². The van der Waals surface area contributed by atoms with Crippen LogP contribution in [0.25, 0.3) is 0 Å². The molecule has 0 radical (unpaired) electrons.